The highest BCUT2D eigenvalue weighted by atomic mass is 19.1. The lowest BCUT2D eigenvalue weighted by Crippen LogP contribution is -2.38. The quantitative estimate of drug-likeness (QED) is 0.906. The molecule has 25 heavy (non-hydrogen) atoms. The Kier molecular flexibility index (Phi) is 5.07. The van der Waals surface area contributed by atoms with Gasteiger partial charge in [0.25, 0.3) is 5.91 Å². The van der Waals surface area contributed by atoms with E-state index < -0.39 is 23.6 Å². The summed E-state index contributed by atoms with van der Waals surface area (Å²) in [6, 6.07) is 11.6. The highest BCUT2D eigenvalue weighted by molar-refractivity contribution is 5.94. The molecule has 0 aromatic heterocycles. The molecule has 1 heterocycles. The normalized spacial score (nSPS) is 15.3. The molecule has 3 rings (SSSR count). The first-order valence-corrected chi connectivity index (χ1v) is 8.13. The van der Waals surface area contributed by atoms with E-state index in [1.54, 1.807) is 4.90 Å². The molecular formula is C19H18F2N2O2. The van der Waals surface area contributed by atoms with Gasteiger partial charge in [-0.05, 0) is 24.1 Å². The molecular weight excluding hydrogens is 326 g/mol. The number of nitrogens with zero attached hydrogens (tertiary/aromatic N) is 1. The van der Waals surface area contributed by atoms with Gasteiger partial charge in [-0.1, -0.05) is 30.3 Å². The number of rotatable bonds is 5. The third-order valence-corrected chi connectivity index (χ3v) is 4.26. The van der Waals surface area contributed by atoms with Crippen molar-refractivity contribution in [2.45, 2.75) is 18.9 Å². The number of likely N-dealkylation sites (tertiary alicyclic amines) is 1. The number of benzene rings is 2. The van der Waals surface area contributed by atoms with Gasteiger partial charge in [-0.15, -0.1) is 0 Å². The molecule has 4 nitrogen and oxygen atoms in total. The van der Waals surface area contributed by atoms with Crippen LogP contribution in [0.3, 0.4) is 0 Å². The van der Waals surface area contributed by atoms with Gasteiger partial charge in [0, 0.05) is 25.6 Å². The molecule has 0 saturated carbocycles. The van der Waals surface area contributed by atoms with Crippen molar-refractivity contribution in [3.05, 3.63) is 71.3 Å². The Morgan fingerprint density at radius 2 is 1.92 bits per heavy atom. The van der Waals surface area contributed by atoms with E-state index in [1.807, 2.05) is 30.3 Å². The molecule has 0 spiro atoms. The van der Waals surface area contributed by atoms with E-state index in [-0.39, 0.29) is 11.5 Å². The zero-order valence-electron chi connectivity index (χ0n) is 13.5. The maximum atomic E-state index is 13.9. The minimum atomic E-state index is -0.915. The van der Waals surface area contributed by atoms with Gasteiger partial charge < -0.3 is 10.2 Å². The highest BCUT2D eigenvalue weighted by Gasteiger charge is 2.26. The molecule has 1 fully saturated rings. The lowest BCUT2D eigenvalue weighted by molar-refractivity contribution is -0.128. The Hall–Kier alpha value is -2.76. The molecule has 2 amide bonds. The Bertz CT molecular complexity index is 780. The van der Waals surface area contributed by atoms with Gasteiger partial charge in [-0.25, -0.2) is 8.78 Å². The number of carbonyl (C=O) groups is 2. The molecule has 1 unspecified atom stereocenters. The third-order valence-electron chi connectivity index (χ3n) is 4.26. The largest absolute Gasteiger partial charge is 0.343 e. The van der Waals surface area contributed by atoms with Crippen molar-refractivity contribution in [1.82, 2.24) is 10.2 Å². The molecule has 1 aliphatic rings. The van der Waals surface area contributed by atoms with Gasteiger partial charge in [-0.3, -0.25) is 9.59 Å². The molecule has 2 aromatic carbocycles. The average Bonchev–Trinajstić information content (AvgIpc) is 3.00. The summed E-state index contributed by atoms with van der Waals surface area (Å²) >= 11 is 0. The molecule has 2 aromatic rings. The second-order valence-electron chi connectivity index (χ2n) is 6.00. The fourth-order valence-electron chi connectivity index (χ4n) is 2.95. The summed E-state index contributed by atoms with van der Waals surface area (Å²) in [6.07, 6.45) is 1.29. The smallest absolute Gasteiger partial charge is 0.254 e. The van der Waals surface area contributed by atoms with Crippen molar-refractivity contribution in [1.29, 1.82) is 0 Å². The first-order chi connectivity index (χ1) is 12.0. The summed E-state index contributed by atoms with van der Waals surface area (Å²) in [7, 11) is 0. The van der Waals surface area contributed by atoms with Crippen LogP contribution in [0.2, 0.25) is 0 Å². The number of carbonyl (C=O) groups excluding carboxylic acids is 2. The average molecular weight is 344 g/mol. The monoisotopic (exact) mass is 344 g/mol. The molecule has 0 bridgehead atoms. The van der Waals surface area contributed by atoms with Crippen LogP contribution >= 0.6 is 0 Å². The molecule has 0 radical (unpaired) electrons. The summed E-state index contributed by atoms with van der Waals surface area (Å²) in [5, 5.41) is 2.76. The first kappa shape index (κ1) is 17.1. The molecule has 1 N–H and O–H groups in total. The van der Waals surface area contributed by atoms with E-state index in [1.165, 1.54) is 0 Å². The summed E-state index contributed by atoms with van der Waals surface area (Å²) < 4.78 is 26.9. The Balaban J connectivity index is 1.81. The molecule has 0 aliphatic carbocycles. The fourth-order valence-corrected chi connectivity index (χ4v) is 2.95. The van der Waals surface area contributed by atoms with Crippen molar-refractivity contribution in [3.63, 3.8) is 0 Å². The SMILES string of the molecule is O=C(NC(CN1CCCC1=O)c1ccccc1)c1ccc(F)cc1F. The highest BCUT2D eigenvalue weighted by Crippen LogP contribution is 2.20. The molecule has 130 valence electrons. The third kappa shape index (κ3) is 4.02. The summed E-state index contributed by atoms with van der Waals surface area (Å²) in [6.45, 7) is 0.959. The number of halogens is 2. The summed E-state index contributed by atoms with van der Waals surface area (Å²) in [5.74, 6) is -2.25. The standard InChI is InChI=1S/C19H18F2N2O2/c20-14-8-9-15(16(21)11-14)19(25)22-17(13-5-2-1-3-6-13)12-23-10-4-7-18(23)24/h1-3,5-6,8-9,11,17H,4,7,10,12H2,(H,22,25). The zero-order chi connectivity index (χ0) is 17.8. The van der Waals surface area contributed by atoms with Crippen LogP contribution in [-0.4, -0.2) is 29.8 Å². The summed E-state index contributed by atoms with van der Waals surface area (Å²) in [5.41, 5.74) is 0.591. The zero-order valence-corrected chi connectivity index (χ0v) is 13.5. The predicted octanol–water partition coefficient (Wildman–Crippen LogP) is 3.06. The van der Waals surface area contributed by atoms with E-state index in [4.69, 9.17) is 0 Å². The topological polar surface area (TPSA) is 49.4 Å². The van der Waals surface area contributed by atoms with Crippen LogP contribution in [0, 0.1) is 11.6 Å². The van der Waals surface area contributed by atoms with Gasteiger partial charge in [0.2, 0.25) is 5.91 Å². The van der Waals surface area contributed by atoms with Crippen LogP contribution in [0.5, 0.6) is 0 Å². The van der Waals surface area contributed by atoms with Gasteiger partial charge >= 0.3 is 0 Å². The van der Waals surface area contributed by atoms with E-state index in [9.17, 15) is 18.4 Å². The van der Waals surface area contributed by atoms with Crippen LogP contribution in [0.15, 0.2) is 48.5 Å². The molecule has 1 aliphatic heterocycles. The second kappa shape index (κ2) is 7.42. The lowest BCUT2D eigenvalue weighted by Gasteiger charge is -2.25. The minimum absolute atomic E-state index is 0.0446. The first-order valence-electron chi connectivity index (χ1n) is 8.13. The van der Waals surface area contributed by atoms with Crippen LogP contribution in [0.4, 0.5) is 8.78 Å². The van der Waals surface area contributed by atoms with Crippen LogP contribution in [0.25, 0.3) is 0 Å². The Morgan fingerprint density at radius 1 is 1.16 bits per heavy atom. The van der Waals surface area contributed by atoms with Gasteiger partial charge in [0.1, 0.15) is 11.6 Å². The number of hydrogen-bond donors (Lipinski definition) is 1. The van der Waals surface area contributed by atoms with Crippen molar-refractivity contribution in [2.24, 2.45) is 0 Å². The maximum absolute atomic E-state index is 13.9. The van der Waals surface area contributed by atoms with Crippen LogP contribution in [0.1, 0.15) is 34.8 Å². The number of hydrogen-bond acceptors (Lipinski definition) is 2. The fraction of sp³-hybridized carbons (Fsp3) is 0.263. The van der Waals surface area contributed by atoms with Crippen molar-refractivity contribution >= 4 is 11.8 Å². The van der Waals surface area contributed by atoms with E-state index in [0.29, 0.717) is 25.6 Å². The van der Waals surface area contributed by atoms with Gasteiger partial charge in [-0.2, -0.15) is 0 Å². The van der Waals surface area contributed by atoms with Crippen LogP contribution < -0.4 is 5.32 Å². The summed E-state index contributed by atoms with van der Waals surface area (Å²) in [4.78, 5) is 26.0. The van der Waals surface area contributed by atoms with Gasteiger partial charge in [0.15, 0.2) is 0 Å². The Labute approximate surface area is 144 Å². The second-order valence-corrected chi connectivity index (χ2v) is 6.00. The van der Waals surface area contributed by atoms with Crippen molar-refractivity contribution < 1.29 is 18.4 Å². The molecule has 1 saturated heterocycles. The number of nitrogens with one attached hydrogen (secondary N) is 1. The number of amides is 2. The van der Waals surface area contributed by atoms with E-state index in [2.05, 4.69) is 5.32 Å². The van der Waals surface area contributed by atoms with Crippen molar-refractivity contribution in [2.75, 3.05) is 13.1 Å². The lowest BCUT2D eigenvalue weighted by atomic mass is 10.1. The van der Waals surface area contributed by atoms with Crippen molar-refractivity contribution in [3.8, 4) is 0 Å². The Morgan fingerprint density at radius 3 is 2.56 bits per heavy atom. The maximum Gasteiger partial charge on any atom is 0.254 e. The van der Waals surface area contributed by atoms with E-state index >= 15 is 0 Å². The van der Waals surface area contributed by atoms with Gasteiger partial charge in [0.05, 0.1) is 11.6 Å². The molecule has 1 atom stereocenters. The predicted molar refractivity (Wildman–Crippen MR) is 88.8 cm³/mol. The minimum Gasteiger partial charge on any atom is -0.343 e. The van der Waals surface area contributed by atoms with E-state index in [0.717, 1.165) is 24.1 Å². The van der Waals surface area contributed by atoms with Crippen LogP contribution in [-0.2, 0) is 4.79 Å². The molecule has 6 heteroatoms.